The van der Waals surface area contributed by atoms with E-state index in [1.54, 1.807) is 0 Å². The predicted octanol–water partition coefficient (Wildman–Crippen LogP) is 3.76. The zero-order valence-electron chi connectivity index (χ0n) is 15.6. The second-order valence-corrected chi connectivity index (χ2v) is 8.88. The number of amides is 1. The average Bonchev–Trinajstić information content (AvgIpc) is 2.76. The second kappa shape index (κ2) is 5.60. The fraction of sp³-hybridized carbons (Fsp3) is 0.800. The highest BCUT2D eigenvalue weighted by atomic mass is 16.1. The molecular formula is C20H31N3O. The van der Waals surface area contributed by atoms with Crippen LogP contribution >= 0.6 is 0 Å². The molecule has 4 nitrogen and oxygen atoms in total. The molecular weight excluding hydrogens is 298 g/mol. The van der Waals surface area contributed by atoms with Gasteiger partial charge in [0.1, 0.15) is 0 Å². The summed E-state index contributed by atoms with van der Waals surface area (Å²) in [4.78, 5) is 13.0. The van der Waals surface area contributed by atoms with E-state index in [9.17, 15) is 4.79 Å². The number of hydrogen-bond acceptors (Lipinski definition) is 2. The summed E-state index contributed by atoms with van der Waals surface area (Å²) in [6.07, 6.45) is 9.39. The van der Waals surface area contributed by atoms with E-state index in [1.165, 1.54) is 38.5 Å². The van der Waals surface area contributed by atoms with Gasteiger partial charge in [-0.25, -0.2) is 0 Å². The quantitative estimate of drug-likeness (QED) is 0.914. The third-order valence-electron chi connectivity index (χ3n) is 7.27. The maximum atomic E-state index is 13.0. The molecule has 1 aromatic heterocycles. The third kappa shape index (κ3) is 2.41. The molecule has 1 amide bonds. The first-order valence-corrected chi connectivity index (χ1v) is 9.73. The van der Waals surface area contributed by atoms with Crippen molar-refractivity contribution >= 4 is 5.91 Å². The first-order chi connectivity index (χ1) is 11.4. The molecule has 4 saturated carbocycles. The molecule has 0 saturated heterocycles. The van der Waals surface area contributed by atoms with Crippen LogP contribution in [0.1, 0.15) is 73.6 Å². The fourth-order valence-corrected chi connectivity index (χ4v) is 6.63. The Morgan fingerprint density at radius 3 is 2.17 bits per heavy atom. The standard InChI is InChI=1S/C20H31N3O/c1-5-17(21-19(24)18-12(2)22-23(4)13(18)3)20-9-14-6-15(10-20)8-16(7-14)11-20/h14-17H,5-11H2,1-4H3,(H,21,24). The maximum absolute atomic E-state index is 13.0. The number of aryl methyl sites for hydroxylation is 2. The molecule has 4 fully saturated rings. The Labute approximate surface area is 145 Å². The van der Waals surface area contributed by atoms with Gasteiger partial charge in [-0.15, -0.1) is 0 Å². The van der Waals surface area contributed by atoms with Crippen molar-refractivity contribution in [2.45, 2.75) is 71.8 Å². The van der Waals surface area contributed by atoms with Crippen LogP contribution in [0.15, 0.2) is 0 Å². The number of rotatable bonds is 4. The number of nitrogens with one attached hydrogen (secondary N) is 1. The number of carbonyl (C=O) groups is 1. The summed E-state index contributed by atoms with van der Waals surface area (Å²) in [7, 11) is 1.91. The lowest BCUT2D eigenvalue weighted by Crippen LogP contribution is -2.56. The Morgan fingerprint density at radius 2 is 1.75 bits per heavy atom. The summed E-state index contributed by atoms with van der Waals surface area (Å²) in [5.74, 6) is 2.85. The van der Waals surface area contributed by atoms with E-state index < -0.39 is 0 Å². The van der Waals surface area contributed by atoms with E-state index in [0.717, 1.165) is 41.1 Å². The van der Waals surface area contributed by atoms with E-state index in [0.29, 0.717) is 11.5 Å². The molecule has 1 heterocycles. The number of nitrogens with zero attached hydrogens (tertiary/aromatic N) is 2. The first kappa shape index (κ1) is 16.2. The molecule has 0 aliphatic heterocycles. The summed E-state index contributed by atoms with van der Waals surface area (Å²) < 4.78 is 1.82. The number of aromatic nitrogens is 2. The molecule has 0 radical (unpaired) electrons. The van der Waals surface area contributed by atoms with E-state index in [1.807, 2.05) is 25.6 Å². The molecule has 1 atom stereocenters. The topological polar surface area (TPSA) is 46.9 Å². The fourth-order valence-electron chi connectivity index (χ4n) is 6.63. The van der Waals surface area contributed by atoms with Crippen LogP contribution in [-0.2, 0) is 7.05 Å². The zero-order valence-corrected chi connectivity index (χ0v) is 15.6. The van der Waals surface area contributed by atoms with Crippen molar-refractivity contribution in [3.8, 4) is 0 Å². The largest absolute Gasteiger partial charge is 0.349 e. The number of hydrogen-bond donors (Lipinski definition) is 1. The van der Waals surface area contributed by atoms with Gasteiger partial charge in [0.2, 0.25) is 0 Å². The molecule has 0 spiro atoms. The zero-order chi connectivity index (χ0) is 17.1. The Morgan fingerprint density at radius 1 is 1.21 bits per heavy atom. The highest BCUT2D eigenvalue weighted by molar-refractivity contribution is 5.96. The molecule has 1 N–H and O–H groups in total. The van der Waals surface area contributed by atoms with Crippen LogP contribution in [0, 0.1) is 37.0 Å². The molecule has 1 aromatic rings. The minimum absolute atomic E-state index is 0.0840. The maximum Gasteiger partial charge on any atom is 0.255 e. The first-order valence-electron chi connectivity index (χ1n) is 9.73. The van der Waals surface area contributed by atoms with Crippen molar-refractivity contribution in [2.75, 3.05) is 0 Å². The van der Waals surface area contributed by atoms with Crippen LogP contribution in [-0.4, -0.2) is 21.7 Å². The lowest BCUT2D eigenvalue weighted by molar-refractivity contribution is -0.0727. The van der Waals surface area contributed by atoms with Gasteiger partial charge in [-0.1, -0.05) is 6.92 Å². The van der Waals surface area contributed by atoms with Gasteiger partial charge in [-0.2, -0.15) is 5.10 Å². The average molecular weight is 329 g/mol. The molecule has 4 heteroatoms. The van der Waals surface area contributed by atoms with Crippen molar-refractivity contribution < 1.29 is 4.79 Å². The highest BCUT2D eigenvalue weighted by Gasteiger charge is 2.54. The highest BCUT2D eigenvalue weighted by Crippen LogP contribution is 2.61. The lowest BCUT2D eigenvalue weighted by atomic mass is 9.47. The van der Waals surface area contributed by atoms with Crippen LogP contribution in [0.3, 0.4) is 0 Å². The molecule has 4 aliphatic rings. The second-order valence-electron chi connectivity index (χ2n) is 8.88. The summed E-state index contributed by atoms with van der Waals surface area (Å²) in [6.45, 7) is 6.17. The van der Waals surface area contributed by atoms with E-state index in [-0.39, 0.29) is 5.91 Å². The number of carbonyl (C=O) groups excluding carboxylic acids is 1. The Balaban J connectivity index is 1.57. The van der Waals surface area contributed by atoms with Crippen LogP contribution in [0.2, 0.25) is 0 Å². The summed E-state index contributed by atoms with van der Waals surface area (Å²) >= 11 is 0. The van der Waals surface area contributed by atoms with Crippen LogP contribution in [0.5, 0.6) is 0 Å². The van der Waals surface area contributed by atoms with Gasteiger partial charge in [0.05, 0.1) is 11.3 Å². The van der Waals surface area contributed by atoms with Crippen molar-refractivity contribution in [1.29, 1.82) is 0 Å². The third-order valence-corrected chi connectivity index (χ3v) is 7.27. The Hall–Kier alpha value is -1.32. The van der Waals surface area contributed by atoms with Crippen molar-refractivity contribution in [3.63, 3.8) is 0 Å². The van der Waals surface area contributed by atoms with Gasteiger partial charge in [-0.3, -0.25) is 9.48 Å². The van der Waals surface area contributed by atoms with Gasteiger partial charge in [-0.05, 0) is 82.0 Å². The lowest BCUT2D eigenvalue weighted by Gasteiger charge is -2.59. The molecule has 4 bridgehead atoms. The molecule has 24 heavy (non-hydrogen) atoms. The van der Waals surface area contributed by atoms with Crippen LogP contribution in [0.4, 0.5) is 0 Å². The van der Waals surface area contributed by atoms with Gasteiger partial charge >= 0.3 is 0 Å². The molecule has 1 unspecified atom stereocenters. The smallest absolute Gasteiger partial charge is 0.255 e. The monoisotopic (exact) mass is 329 g/mol. The van der Waals surface area contributed by atoms with E-state index in [2.05, 4.69) is 17.3 Å². The molecule has 0 aromatic carbocycles. The Kier molecular flexibility index (Phi) is 3.77. The van der Waals surface area contributed by atoms with Crippen LogP contribution < -0.4 is 5.32 Å². The minimum Gasteiger partial charge on any atom is -0.349 e. The normalized spacial score (nSPS) is 35.2. The van der Waals surface area contributed by atoms with Gasteiger partial charge in [0, 0.05) is 18.8 Å². The van der Waals surface area contributed by atoms with E-state index >= 15 is 0 Å². The van der Waals surface area contributed by atoms with Crippen molar-refractivity contribution in [2.24, 2.45) is 30.2 Å². The van der Waals surface area contributed by atoms with Gasteiger partial charge in [0.25, 0.3) is 5.91 Å². The molecule has 5 rings (SSSR count). The van der Waals surface area contributed by atoms with Crippen molar-refractivity contribution in [3.05, 3.63) is 17.0 Å². The Bertz CT molecular complexity index is 625. The summed E-state index contributed by atoms with van der Waals surface area (Å²) in [6, 6.07) is 0.317. The minimum atomic E-state index is 0.0840. The van der Waals surface area contributed by atoms with Crippen molar-refractivity contribution in [1.82, 2.24) is 15.1 Å². The molecule has 132 valence electrons. The summed E-state index contributed by atoms with van der Waals surface area (Å²) in [5, 5.41) is 7.86. The van der Waals surface area contributed by atoms with E-state index in [4.69, 9.17) is 0 Å². The van der Waals surface area contributed by atoms with Gasteiger partial charge in [0.15, 0.2) is 0 Å². The van der Waals surface area contributed by atoms with Gasteiger partial charge < -0.3 is 5.32 Å². The summed E-state index contributed by atoms with van der Waals surface area (Å²) in [5.41, 5.74) is 2.95. The SMILES string of the molecule is CCC(NC(=O)c1c(C)nn(C)c1C)C12CC3CC(CC(C3)C1)C2. The van der Waals surface area contributed by atoms with Crippen LogP contribution in [0.25, 0.3) is 0 Å². The predicted molar refractivity (Wildman–Crippen MR) is 94.8 cm³/mol. The molecule has 4 aliphatic carbocycles.